The molecule has 0 N–H and O–H groups in total. The molecule has 0 radical (unpaired) electrons. The molecule has 11 heteroatoms. The number of furan rings is 1. The maximum absolute atomic E-state index is 12.7. The van der Waals surface area contributed by atoms with Crippen molar-refractivity contribution < 1.29 is 36.6 Å². The number of carbonyl (C=O) groups excluding carboxylic acids is 1. The Bertz CT molecular complexity index is 827. The Morgan fingerprint density at radius 2 is 2.10 bits per heavy atom. The van der Waals surface area contributed by atoms with Gasteiger partial charge in [0.15, 0.2) is 5.69 Å². The van der Waals surface area contributed by atoms with Gasteiger partial charge in [-0.3, -0.25) is 9.69 Å². The SMILES string of the molecule is CC(=O)OCc1ccc(CN2CCOC(COc3nccc(C(F)(F)F)n3)C2)o1. The molecule has 3 rings (SSSR count). The van der Waals surface area contributed by atoms with Crippen LogP contribution in [0.5, 0.6) is 6.01 Å². The molecule has 0 aromatic carbocycles. The molecule has 1 fully saturated rings. The first-order valence-corrected chi connectivity index (χ1v) is 8.87. The molecule has 1 aliphatic heterocycles. The van der Waals surface area contributed by atoms with Crippen molar-refractivity contribution >= 4 is 5.97 Å². The van der Waals surface area contributed by atoms with Gasteiger partial charge in [0.1, 0.15) is 30.8 Å². The van der Waals surface area contributed by atoms with Gasteiger partial charge in [-0.25, -0.2) is 4.98 Å². The second-order valence-electron chi connectivity index (χ2n) is 6.41. The van der Waals surface area contributed by atoms with Gasteiger partial charge in [-0.15, -0.1) is 0 Å². The van der Waals surface area contributed by atoms with Gasteiger partial charge in [0, 0.05) is 26.2 Å². The maximum Gasteiger partial charge on any atom is 0.433 e. The second-order valence-corrected chi connectivity index (χ2v) is 6.41. The fourth-order valence-corrected chi connectivity index (χ4v) is 2.74. The van der Waals surface area contributed by atoms with E-state index in [-0.39, 0.29) is 31.3 Å². The molecular weight excluding hydrogens is 395 g/mol. The topological polar surface area (TPSA) is 86.9 Å². The van der Waals surface area contributed by atoms with Crippen LogP contribution in [0.15, 0.2) is 28.8 Å². The molecule has 1 atom stereocenters. The summed E-state index contributed by atoms with van der Waals surface area (Å²) in [6, 6.07) is 3.98. The Morgan fingerprint density at radius 3 is 2.86 bits per heavy atom. The zero-order chi connectivity index (χ0) is 20.9. The summed E-state index contributed by atoms with van der Waals surface area (Å²) in [4.78, 5) is 20.0. The fraction of sp³-hybridized carbons (Fsp3) is 0.500. The number of halogens is 3. The number of alkyl halides is 3. The third kappa shape index (κ3) is 6.43. The zero-order valence-corrected chi connectivity index (χ0v) is 15.6. The number of aromatic nitrogens is 2. The molecule has 0 saturated carbocycles. The lowest BCUT2D eigenvalue weighted by molar-refractivity contribution is -0.143. The standard InChI is InChI=1S/C18H20F3N3O5/c1-12(25)27-10-14-3-2-13(29-14)8-24-6-7-26-15(9-24)11-28-17-22-5-4-16(23-17)18(19,20)21/h2-5,15H,6-11H2,1H3. The summed E-state index contributed by atoms with van der Waals surface area (Å²) >= 11 is 0. The highest BCUT2D eigenvalue weighted by Crippen LogP contribution is 2.27. The molecule has 1 unspecified atom stereocenters. The Labute approximate surface area is 164 Å². The average Bonchev–Trinajstić information content (AvgIpc) is 3.12. The number of ether oxygens (including phenoxy) is 3. The first-order chi connectivity index (χ1) is 13.8. The smallest absolute Gasteiger partial charge is 0.433 e. The second kappa shape index (κ2) is 9.23. The van der Waals surface area contributed by atoms with E-state index in [0.717, 1.165) is 12.3 Å². The third-order valence-electron chi connectivity index (χ3n) is 4.06. The minimum Gasteiger partial charge on any atom is -0.461 e. The van der Waals surface area contributed by atoms with Crippen molar-refractivity contribution in [1.29, 1.82) is 0 Å². The van der Waals surface area contributed by atoms with Crippen LogP contribution in [0.3, 0.4) is 0 Å². The number of rotatable bonds is 7. The average molecular weight is 415 g/mol. The lowest BCUT2D eigenvalue weighted by Gasteiger charge is -2.31. The number of morpholine rings is 1. The van der Waals surface area contributed by atoms with Crippen LogP contribution in [0.1, 0.15) is 24.1 Å². The van der Waals surface area contributed by atoms with Gasteiger partial charge in [-0.05, 0) is 18.2 Å². The number of hydrogen-bond donors (Lipinski definition) is 0. The van der Waals surface area contributed by atoms with Crippen LogP contribution in [0, 0.1) is 0 Å². The molecule has 1 aliphatic rings. The van der Waals surface area contributed by atoms with E-state index in [2.05, 4.69) is 14.9 Å². The Morgan fingerprint density at radius 1 is 1.31 bits per heavy atom. The van der Waals surface area contributed by atoms with Gasteiger partial charge in [0.05, 0.1) is 13.2 Å². The van der Waals surface area contributed by atoms with Gasteiger partial charge in [0.2, 0.25) is 0 Å². The van der Waals surface area contributed by atoms with Crippen LogP contribution < -0.4 is 4.74 Å². The largest absolute Gasteiger partial charge is 0.461 e. The summed E-state index contributed by atoms with van der Waals surface area (Å²) in [5, 5.41) is 0. The van der Waals surface area contributed by atoms with E-state index in [4.69, 9.17) is 18.6 Å². The number of esters is 1. The Balaban J connectivity index is 1.49. The molecule has 29 heavy (non-hydrogen) atoms. The van der Waals surface area contributed by atoms with E-state index in [1.165, 1.54) is 6.92 Å². The zero-order valence-electron chi connectivity index (χ0n) is 15.6. The van der Waals surface area contributed by atoms with Gasteiger partial charge in [-0.1, -0.05) is 0 Å². The van der Waals surface area contributed by atoms with Gasteiger partial charge >= 0.3 is 18.2 Å². The van der Waals surface area contributed by atoms with E-state index in [1.54, 1.807) is 12.1 Å². The maximum atomic E-state index is 12.7. The van der Waals surface area contributed by atoms with E-state index in [1.807, 2.05) is 0 Å². The quantitative estimate of drug-likeness (QED) is 0.638. The molecule has 8 nitrogen and oxygen atoms in total. The molecule has 2 aromatic heterocycles. The summed E-state index contributed by atoms with van der Waals surface area (Å²) in [5.74, 6) is 0.865. The Kier molecular flexibility index (Phi) is 6.70. The molecule has 2 aromatic rings. The van der Waals surface area contributed by atoms with Gasteiger partial charge in [0.25, 0.3) is 0 Å². The summed E-state index contributed by atoms with van der Waals surface area (Å²) in [7, 11) is 0. The first-order valence-electron chi connectivity index (χ1n) is 8.87. The van der Waals surface area contributed by atoms with Crippen molar-refractivity contribution in [2.75, 3.05) is 26.3 Å². The highest BCUT2D eigenvalue weighted by atomic mass is 19.4. The molecule has 0 spiro atoms. The van der Waals surface area contributed by atoms with Gasteiger partial charge in [-0.2, -0.15) is 18.2 Å². The van der Waals surface area contributed by atoms with Crippen molar-refractivity contribution in [2.45, 2.75) is 32.4 Å². The van der Waals surface area contributed by atoms with E-state index in [9.17, 15) is 18.0 Å². The lowest BCUT2D eigenvalue weighted by Crippen LogP contribution is -2.44. The molecule has 158 valence electrons. The van der Waals surface area contributed by atoms with Crippen molar-refractivity contribution in [1.82, 2.24) is 14.9 Å². The minimum atomic E-state index is -4.56. The predicted molar refractivity (Wildman–Crippen MR) is 91.7 cm³/mol. The van der Waals surface area contributed by atoms with Crippen LogP contribution in [0.25, 0.3) is 0 Å². The molecule has 1 saturated heterocycles. The highest BCUT2D eigenvalue weighted by Gasteiger charge is 2.33. The van der Waals surface area contributed by atoms with Crippen LogP contribution in [0.2, 0.25) is 0 Å². The van der Waals surface area contributed by atoms with Crippen molar-refractivity contribution in [3.63, 3.8) is 0 Å². The highest BCUT2D eigenvalue weighted by molar-refractivity contribution is 5.65. The lowest BCUT2D eigenvalue weighted by atomic mass is 10.2. The predicted octanol–water partition coefficient (Wildman–Crippen LogP) is 2.43. The molecule has 0 amide bonds. The summed E-state index contributed by atoms with van der Waals surface area (Å²) in [5.41, 5.74) is -1.06. The van der Waals surface area contributed by atoms with Crippen LogP contribution in [-0.2, 0) is 33.6 Å². The van der Waals surface area contributed by atoms with E-state index in [0.29, 0.717) is 37.8 Å². The number of hydrogen-bond acceptors (Lipinski definition) is 8. The molecule has 0 bridgehead atoms. The summed E-state index contributed by atoms with van der Waals surface area (Å²) in [6.45, 7) is 3.54. The van der Waals surface area contributed by atoms with Crippen molar-refractivity contribution in [3.05, 3.63) is 41.6 Å². The first kappa shape index (κ1) is 21.1. The van der Waals surface area contributed by atoms with Gasteiger partial charge < -0.3 is 18.6 Å². The molecule has 3 heterocycles. The number of nitrogens with zero attached hydrogens (tertiary/aromatic N) is 3. The monoisotopic (exact) mass is 415 g/mol. The Hall–Kier alpha value is -2.66. The summed E-state index contributed by atoms with van der Waals surface area (Å²) in [6.07, 6.45) is -3.91. The van der Waals surface area contributed by atoms with Crippen molar-refractivity contribution in [3.8, 4) is 6.01 Å². The number of carbonyl (C=O) groups is 1. The minimum absolute atomic E-state index is 0.0215. The van der Waals surface area contributed by atoms with E-state index >= 15 is 0 Å². The van der Waals surface area contributed by atoms with Crippen molar-refractivity contribution in [2.24, 2.45) is 0 Å². The van der Waals surface area contributed by atoms with Crippen LogP contribution >= 0.6 is 0 Å². The molecule has 0 aliphatic carbocycles. The van der Waals surface area contributed by atoms with Crippen LogP contribution in [-0.4, -0.2) is 53.2 Å². The third-order valence-corrected chi connectivity index (χ3v) is 4.06. The summed E-state index contributed by atoms with van der Waals surface area (Å²) < 4.78 is 59.5. The molecular formula is C18H20F3N3O5. The van der Waals surface area contributed by atoms with Crippen LogP contribution in [0.4, 0.5) is 13.2 Å². The van der Waals surface area contributed by atoms with E-state index < -0.39 is 11.9 Å². The fourth-order valence-electron chi connectivity index (χ4n) is 2.74. The normalized spacial score (nSPS) is 17.9.